The van der Waals surface area contributed by atoms with E-state index in [1.807, 2.05) is 16.7 Å². The Morgan fingerprint density at radius 2 is 1.84 bits per heavy atom. The molecule has 2 aromatic heterocycles. The van der Waals surface area contributed by atoms with Gasteiger partial charge >= 0.3 is 5.97 Å². The Bertz CT molecular complexity index is 1550. The van der Waals surface area contributed by atoms with E-state index in [0.717, 1.165) is 54.7 Å². The number of pyridine rings is 1. The van der Waals surface area contributed by atoms with Gasteiger partial charge in [-0.1, -0.05) is 24.3 Å². The maximum absolute atomic E-state index is 15.4. The minimum absolute atomic E-state index is 0.115. The molecule has 2 aliphatic heterocycles. The smallest absolute Gasteiger partial charge is 0.333 e. The number of hydrogen-bond donors (Lipinski definition) is 1. The number of aryl methyl sites for hydroxylation is 1. The second-order valence-electron chi connectivity index (χ2n) is 10.3. The van der Waals surface area contributed by atoms with Gasteiger partial charge in [-0.15, -0.1) is 0 Å². The zero-order valence-electron chi connectivity index (χ0n) is 20.7. The average molecular weight is 501 g/mol. The molecule has 0 aliphatic carbocycles. The highest BCUT2D eigenvalue weighted by Gasteiger charge is 2.31. The molecule has 4 aromatic rings. The summed E-state index contributed by atoms with van der Waals surface area (Å²) in [5.74, 6) is -1.32. The molecule has 2 aromatic carbocycles. The van der Waals surface area contributed by atoms with E-state index in [1.54, 1.807) is 18.5 Å². The maximum atomic E-state index is 15.4. The monoisotopic (exact) mass is 500 g/mol. The summed E-state index contributed by atoms with van der Waals surface area (Å²) in [6.07, 6.45) is 6.93. The van der Waals surface area contributed by atoms with Gasteiger partial charge in [0.1, 0.15) is 5.82 Å². The van der Waals surface area contributed by atoms with Gasteiger partial charge in [-0.25, -0.2) is 14.2 Å². The summed E-state index contributed by atoms with van der Waals surface area (Å²) in [5.41, 5.74) is 3.34. The number of carbonyl (C=O) groups is 1. The fourth-order valence-electron chi connectivity index (χ4n) is 5.90. The summed E-state index contributed by atoms with van der Waals surface area (Å²) in [6.45, 7) is 2.95. The van der Waals surface area contributed by atoms with Gasteiger partial charge in [0.25, 0.3) is 5.56 Å². The van der Waals surface area contributed by atoms with Gasteiger partial charge in [-0.3, -0.25) is 9.36 Å². The third kappa shape index (κ3) is 4.15. The molecule has 6 rings (SSSR count). The van der Waals surface area contributed by atoms with Crippen LogP contribution in [-0.2, 0) is 17.8 Å². The number of aliphatic carboxylic acids is 1. The number of imidazole rings is 1. The average Bonchev–Trinajstić information content (AvgIpc) is 3.51. The number of likely N-dealkylation sites (tertiary alicyclic amines) is 1. The van der Waals surface area contributed by atoms with E-state index >= 15 is 4.39 Å². The largest absolute Gasteiger partial charge is 0.479 e. The molecule has 0 radical (unpaired) electrons. The Balaban J connectivity index is 1.35. The Hall–Kier alpha value is -3.78. The molecule has 0 saturated carbocycles. The fourth-order valence-corrected chi connectivity index (χ4v) is 5.90. The molecular weight excluding hydrogens is 471 g/mol. The first-order valence-corrected chi connectivity index (χ1v) is 12.8. The van der Waals surface area contributed by atoms with Gasteiger partial charge in [0, 0.05) is 18.4 Å². The standard InChI is InChI=1S/C29H29FN4O3/c1-32-12-8-20(9-13-32)18-4-6-19(7-5-18)22-15-21-10-14-34(28(35)25(21)23(30)16-22)27(29(36)37)26-24-3-2-11-33(24)17-31-26/h4-7,10,14-17,20,27H,2-3,8-9,11-13H2,1H3,(H,36,37). The number of fused-ring (bicyclic) bond motifs is 2. The maximum Gasteiger partial charge on any atom is 0.333 e. The van der Waals surface area contributed by atoms with Crippen molar-refractivity contribution in [3.8, 4) is 11.1 Å². The molecule has 4 heterocycles. The highest BCUT2D eigenvalue weighted by molar-refractivity contribution is 5.88. The van der Waals surface area contributed by atoms with Crippen LogP contribution in [0.1, 0.15) is 48.2 Å². The van der Waals surface area contributed by atoms with E-state index in [4.69, 9.17) is 0 Å². The molecule has 1 fully saturated rings. The van der Waals surface area contributed by atoms with Gasteiger partial charge in [-0.05, 0) is 92.0 Å². The van der Waals surface area contributed by atoms with Gasteiger partial charge in [0.2, 0.25) is 0 Å². The molecule has 1 unspecified atom stereocenters. The molecular formula is C29H29FN4O3. The highest BCUT2D eigenvalue weighted by atomic mass is 19.1. The van der Waals surface area contributed by atoms with Crippen LogP contribution in [-0.4, -0.2) is 50.2 Å². The molecule has 37 heavy (non-hydrogen) atoms. The molecule has 0 bridgehead atoms. The van der Waals surface area contributed by atoms with E-state index in [1.165, 1.54) is 17.8 Å². The van der Waals surface area contributed by atoms with Gasteiger partial charge in [-0.2, -0.15) is 0 Å². The molecule has 1 N–H and O–H groups in total. The molecule has 8 heteroatoms. The van der Waals surface area contributed by atoms with Crippen LogP contribution in [0.15, 0.2) is 59.8 Å². The summed E-state index contributed by atoms with van der Waals surface area (Å²) >= 11 is 0. The van der Waals surface area contributed by atoms with Crippen molar-refractivity contribution in [2.45, 2.75) is 44.2 Å². The second-order valence-corrected chi connectivity index (χ2v) is 10.3. The van der Waals surface area contributed by atoms with Gasteiger partial charge in [0.05, 0.1) is 17.4 Å². The van der Waals surface area contributed by atoms with E-state index in [-0.39, 0.29) is 5.39 Å². The third-order valence-electron chi connectivity index (χ3n) is 7.98. The number of aromatic nitrogens is 3. The van der Waals surface area contributed by atoms with Crippen molar-refractivity contribution in [3.63, 3.8) is 0 Å². The second kappa shape index (κ2) is 9.27. The Morgan fingerprint density at radius 3 is 2.57 bits per heavy atom. The Labute approximate surface area is 213 Å². The lowest BCUT2D eigenvalue weighted by Gasteiger charge is -2.29. The number of piperidine rings is 1. The van der Waals surface area contributed by atoms with Crippen LogP contribution in [0.25, 0.3) is 21.9 Å². The van der Waals surface area contributed by atoms with Crippen LogP contribution in [0.3, 0.4) is 0 Å². The molecule has 190 valence electrons. The van der Waals surface area contributed by atoms with E-state index in [9.17, 15) is 14.7 Å². The number of carboxylic acids is 1. The zero-order chi connectivity index (χ0) is 25.7. The van der Waals surface area contributed by atoms with Crippen molar-refractivity contribution in [2.24, 2.45) is 0 Å². The summed E-state index contributed by atoms with van der Waals surface area (Å²) < 4.78 is 18.4. The first-order valence-electron chi connectivity index (χ1n) is 12.8. The third-order valence-corrected chi connectivity index (χ3v) is 7.98. The van der Waals surface area contributed by atoms with Crippen LogP contribution < -0.4 is 5.56 Å². The van der Waals surface area contributed by atoms with Crippen molar-refractivity contribution >= 4 is 16.7 Å². The lowest BCUT2D eigenvalue weighted by Crippen LogP contribution is -2.31. The number of carboxylic acid groups (broad SMARTS) is 1. The van der Waals surface area contributed by atoms with Crippen molar-refractivity contribution in [1.82, 2.24) is 19.0 Å². The topological polar surface area (TPSA) is 80.4 Å². The Morgan fingerprint density at radius 1 is 1.08 bits per heavy atom. The van der Waals surface area contributed by atoms with E-state index < -0.39 is 23.4 Å². The lowest BCUT2D eigenvalue weighted by atomic mass is 9.88. The molecule has 0 spiro atoms. The molecule has 0 amide bonds. The van der Waals surface area contributed by atoms with Crippen molar-refractivity contribution < 1.29 is 14.3 Å². The van der Waals surface area contributed by atoms with Crippen LogP contribution in [0.4, 0.5) is 4.39 Å². The first kappa shape index (κ1) is 23.6. The summed E-state index contributed by atoms with van der Waals surface area (Å²) in [6, 6.07) is 11.7. The fraction of sp³-hybridized carbons (Fsp3) is 0.345. The minimum atomic E-state index is -1.31. The molecule has 1 atom stereocenters. The highest BCUT2D eigenvalue weighted by Crippen LogP contribution is 2.32. The quantitative estimate of drug-likeness (QED) is 0.439. The molecule has 2 aliphatic rings. The summed E-state index contributed by atoms with van der Waals surface area (Å²) in [7, 11) is 2.15. The first-order chi connectivity index (χ1) is 17.9. The van der Waals surface area contributed by atoms with E-state index in [0.29, 0.717) is 29.0 Å². The van der Waals surface area contributed by atoms with Crippen molar-refractivity contribution in [3.05, 3.63) is 88.1 Å². The number of halogens is 1. The zero-order valence-corrected chi connectivity index (χ0v) is 20.7. The molecule has 1 saturated heterocycles. The van der Waals surface area contributed by atoms with Gasteiger partial charge < -0.3 is 14.6 Å². The SMILES string of the molecule is CN1CCC(c2ccc(-c3cc(F)c4c(=O)n(C(C(=O)O)c5ncn6c5CCC6)ccc4c3)cc2)CC1. The van der Waals surface area contributed by atoms with Crippen LogP contribution in [0, 0.1) is 5.82 Å². The van der Waals surface area contributed by atoms with E-state index in [2.05, 4.69) is 29.1 Å². The summed E-state index contributed by atoms with van der Waals surface area (Å²) in [5, 5.41) is 10.3. The van der Waals surface area contributed by atoms with Crippen molar-refractivity contribution in [1.29, 1.82) is 0 Å². The predicted molar refractivity (Wildman–Crippen MR) is 139 cm³/mol. The van der Waals surface area contributed by atoms with Gasteiger partial charge in [0.15, 0.2) is 6.04 Å². The number of hydrogen-bond acceptors (Lipinski definition) is 4. The normalized spacial score (nSPS) is 17.2. The molecule has 7 nitrogen and oxygen atoms in total. The van der Waals surface area contributed by atoms with Crippen LogP contribution in [0.2, 0.25) is 0 Å². The lowest BCUT2D eigenvalue weighted by molar-refractivity contribution is -0.139. The number of benzene rings is 2. The van der Waals surface area contributed by atoms with Crippen molar-refractivity contribution in [2.75, 3.05) is 20.1 Å². The predicted octanol–water partition coefficient (Wildman–Crippen LogP) is 4.43. The number of rotatable bonds is 5. The minimum Gasteiger partial charge on any atom is -0.479 e. The number of nitrogens with zero attached hydrogens (tertiary/aromatic N) is 4. The van der Waals surface area contributed by atoms with Crippen LogP contribution >= 0.6 is 0 Å². The van der Waals surface area contributed by atoms with Crippen LogP contribution in [0.5, 0.6) is 0 Å². The Kier molecular flexibility index (Phi) is 5.91. The summed E-state index contributed by atoms with van der Waals surface area (Å²) in [4.78, 5) is 32.3.